The predicted molar refractivity (Wildman–Crippen MR) is 65.0 cm³/mol. The summed E-state index contributed by atoms with van der Waals surface area (Å²) in [6.07, 6.45) is 0. The van der Waals surface area contributed by atoms with Crippen molar-refractivity contribution in [3.8, 4) is 0 Å². The van der Waals surface area contributed by atoms with Gasteiger partial charge in [-0.05, 0) is 17.7 Å². The summed E-state index contributed by atoms with van der Waals surface area (Å²) in [6, 6.07) is 7.06. The first-order valence-electron chi connectivity index (χ1n) is 4.81. The number of hydrogen-bond acceptors (Lipinski definition) is 2. The molecule has 0 bridgehead atoms. The van der Waals surface area contributed by atoms with E-state index in [2.05, 4.69) is 0 Å². The first-order chi connectivity index (χ1) is 7.49. The van der Waals surface area contributed by atoms with Crippen LogP contribution in [0.15, 0.2) is 24.3 Å². The number of halogens is 1. The van der Waals surface area contributed by atoms with Crippen LogP contribution in [0.2, 0.25) is 5.02 Å². The molecular formula is C11H13ClO3S. The van der Waals surface area contributed by atoms with Gasteiger partial charge >= 0.3 is 5.97 Å². The van der Waals surface area contributed by atoms with Crippen LogP contribution in [0, 0.1) is 5.92 Å². The number of rotatable bonds is 5. The molecule has 0 saturated heterocycles. The van der Waals surface area contributed by atoms with Gasteiger partial charge in [-0.3, -0.25) is 9.00 Å². The van der Waals surface area contributed by atoms with Crippen LogP contribution in [-0.2, 0) is 21.3 Å². The highest BCUT2D eigenvalue weighted by Gasteiger charge is 2.14. The van der Waals surface area contributed by atoms with Crippen LogP contribution in [0.1, 0.15) is 12.5 Å². The van der Waals surface area contributed by atoms with Gasteiger partial charge in [0.15, 0.2) is 0 Å². The third kappa shape index (κ3) is 4.33. The monoisotopic (exact) mass is 260 g/mol. The van der Waals surface area contributed by atoms with Crippen molar-refractivity contribution in [3.63, 3.8) is 0 Å². The minimum absolute atomic E-state index is 0.179. The van der Waals surface area contributed by atoms with E-state index in [0.717, 1.165) is 5.56 Å². The summed E-state index contributed by atoms with van der Waals surface area (Å²) in [5.74, 6) is -0.940. The zero-order valence-corrected chi connectivity index (χ0v) is 10.4. The van der Waals surface area contributed by atoms with Crippen LogP contribution in [0.5, 0.6) is 0 Å². The van der Waals surface area contributed by atoms with Crippen molar-refractivity contribution in [1.29, 1.82) is 0 Å². The predicted octanol–water partition coefficient (Wildman–Crippen LogP) is 2.31. The largest absolute Gasteiger partial charge is 0.481 e. The molecular weight excluding hydrogens is 248 g/mol. The summed E-state index contributed by atoms with van der Waals surface area (Å²) in [5.41, 5.74) is 0.903. The summed E-state index contributed by atoms with van der Waals surface area (Å²) in [4.78, 5) is 10.6. The molecule has 1 rings (SSSR count). The van der Waals surface area contributed by atoms with Gasteiger partial charge in [0.2, 0.25) is 0 Å². The molecule has 88 valence electrons. The second-order valence-corrected chi connectivity index (χ2v) is 5.55. The van der Waals surface area contributed by atoms with Gasteiger partial charge in [0.25, 0.3) is 0 Å². The van der Waals surface area contributed by atoms with Crippen LogP contribution in [0.3, 0.4) is 0 Å². The Morgan fingerprint density at radius 3 is 2.50 bits per heavy atom. The van der Waals surface area contributed by atoms with Crippen LogP contribution >= 0.6 is 11.6 Å². The zero-order chi connectivity index (χ0) is 12.1. The van der Waals surface area contributed by atoms with E-state index in [0.29, 0.717) is 10.8 Å². The molecule has 0 aromatic heterocycles. The minimum atomic E-state index is -1.15. The molecule has 2 atom stereocenters. The van der Waals surface area contributed by atoms with Gasteiger partial charge in [0.05, 0.1) is 5.92 Å². The lowest BCUT2D eigenvalue weighted by molar-refractivity contribution is -0.140. The average molecular weight is 261 g/mol. The summed E-state index contributed by atoms with van der Waals surface area (Å²) < 4.78 is 11.6. The molecule has 0 heterocycles. The summed E-state index contributed by atoms with van der Waals surface area (Å²) in [7, 11) is -1.15. The topological polar surface area (TPSA) is 54.4 Å². The SMILES string of the molecule is CC(CS(=O)Cc1ccc(Cl)cc1)C(=O)O. The van der Waals surface area contributed by atoms with Gasteiger partial charge in [0.1, 0.15) is 0 Å². The minimum Gasteiger partial charge on any atom is -0.481 e. The van der Waals surface area contributed by atoms with Gasteiger partial charge in [-0.1, -0.05) is 30.7 Å². The Hall–Kier alpha value is -0.870. The van der Waals surface area contributed by atoms with Crippen molar-refractivity contribution >= 4 is 28.4 Å². The first kappa shape index (κ1) is 13.2. The second-order valence-electron chi connectivity index (χ2n) is 3.62. The number of carboxylic acids is 1. The summed E-state index contributed by atoms with van der Waals surface area (Å²) in [6.45, 7) is 1.56. The number of benzene rings is 1. The van der Waals surface area contributed by atoms with Crippen molar-refractivity contribution in [3.05, 3.63) is 34.9 Å². The third-order valence-electron chi connectivity index (χ3n) is 2.10. The highest BCUT2D eigenvalue weighted by molar-refractivity contribution is 7.84. The van der Waals surface area contributed by atoms with E-state index < -0.39 is 22.7 Å². The molecule has 0 radical (unpaired) electrons. The Balaban J connectivity index is 2.52. The van der Waals surface area contributed by atoms with Gasteiger partial charge < -0.3 is 5.11 Å². The van der Waals surface area contributed by atoms with Crippen LogP contribution < -0.4 is 0 Å². The molecule has 16 heavy (non-hydrogen) atoms. The van der Waals surface area contributed by atoms with Gasteiger partial charge in [-0.2, -0.15) is 0 Å². The molecule has 1 aromatic carbocycles. The number of hydrogen-bond donors (Lipinski definition) is 1. The maximum atomic E-state index is 11.6. The molecule has 2 unspecified atom stereocenters. The summed E-state index contributed by atoms with van der Waals surface area (Å²) >= 11 is 5.72. The number of aliphatic carboxylic acids is 1. The number of carbonyl (C=O) groups is 1. The van der Waals surface area contributed by atoms with Crippen molar-refractivity contribution < 1.29 is 14.1 Å². The van der Waals surface area contributed by atoms with E-state index in [1.807, 2.05) is 0 Å². The van der Waals surface area contributed by atoms with Gasteiger partial charge in [0, 0.05) is 27.3 Å². The maximum Gasteiger partial charge on any atom is 0.307 e. The van der Waals surface area contributed by atoms with E-state index in [1.165, 1.54) is 0 Å². The highest BCUT2D eigenvalue weighted by Crippen LogP contribution is 2.12. The fraction of sp³-hybridized carbons (Fsp3) is 0.364. The van der Waals surface area contributed by atoms with Crippen LogP contribution in [-0.4, -0.2) is 21.0 Å². The maximum absolute atomic E-state index is 11.6. The van der Waals surface area contributed by atoms with Crippen molar-refractivity contribution in [2.24, 2.45) is 5.92 Å². The molecule has 5 heteroatoms. The van der Waals surface area contributed by atoms with Crippen molar-refractivity contribution in [2.75, 3.05) is 5.75 Å². The normalized spacial score (nSPS) is 14.4. The van der Waals surface area contributed by atoms with E-state index >= 15 is 0 Å². The van der Waals surface area contributed by atoms with Crippen LogP contribution in [0.4, 0.5) is 0 Å². The Morgan fingerprint density at radius 1 is 1.44 bits per heavy atom. The lowest BCUT2D eigenvalue weighted by atomic mass is 10.2. The molecule has 0 aliphatic rings. The lowest BCUT2D eigenvalue weighted by Crippen LogP contribution is -2.18. The summed E-state index contributed by atoms with van der Waals surface area (Å²) in [5, 5.41) is 9.31. The molecule has 0 fully saturated rings. The second kappa shape index (κ2) is 6.01. The Labute approximate surface area is 102 Å². The van der Waals surface area contributed by atoms with Gasteiger partial charge in [-0.25, -0.2) is 0 Å². The first-order valence-corrected chi connectivity index (χ1v) is 6.68. The molecule has 1 aromatic rings. The van der Waals surface area contributed by atoms with E-state index in [-0.39, 0.29) is 5.75 Å². The Bertz CT molecular complexity index is 389. The Morgan fingerprint density at radius 2 is 2.00 bits per heavy atom. The van der Waals surface area contributed by atoms with E-state index in [1.54, 1.807) is 31.2 Å². The number of carboxylic acid groups (broad SMARTS) is 1. The van der Waals surface area contributed by atoms with Crippen molar-refractivity contribution in [1.82, 2.24) is 0 Å². The fourth-order valence-electron chi connectivity index (χ4n) is 1.18. The molecule has 0 aliphatic carbocycles. The van der Waals surface area contributed by atoms with Crippen molar-refractivity contribution in [2.45, 2.75) is 12.7 Å². The standard InChI is InChI=1S/C11H13ClO3S/c1-8(11(13)14)6-16(15)7-9-2-4-10(12)5-3-9/h2-5,8H,6-7H2,1H3,(H,13,14). The van der Waals surface area contributed by atoms with E-state index in [9.17, 15) is 9.00 Å². The third-order valence-corrected chi connectivity index (χ3v) is 3.88. The smallest absolute Gasteiger partial charge is 0.307 e. The zero-order valence-electron chi connectivity index (χ0n) is 8.85. The van der Waals surface area contributed by atoms with E-state index in [4.69, 9.17) is 16.7 Å². The van der Waals surface area contributed by atoms with Gasteiger partial charge in [-0.15, -0.1) is 0 Å². The molecule has 0 aliphatic heterocycles. The molecule has 0 spiro atoms. The Kier molecular flexibility index (Phi) is 4.96. The average Bonchev–Trinajstić information content (AvgIpc) is 2.21. The quantitative estimate of drug-likeness (QED) is 0.884. The lowest BCUT2D eigenvalue weighted by Gasteiger charge is -2.06. The van der Waals surface area contributed by atoms with Crippen LogP contribution in [0.25, 0.3) is 0 Å². The molecule has 1 N–H and O–H groups in total. The molecule has 0 amide bonds. The highest BCUT2D eigenvalue weighted by atomic mass is 35.5. The fourth-order valence-corrected chi connectivity index (χ4v) is 2.68. The molecule has 3 nitrogen and oxygen atoms in total. The molecule has 0 saturated carbocycles.